The summed E-state index contributed by atoms with van der Waals surface area (Å²) < 4.78 is 40.7. The number of hydrogen-bond acceptors (Lipinski definition) is 5. The molecule has 1 aliphatic heterocycles. The van der Waals surface area contributed by atoms with Crippen molar-refractivity contribution in [2.75, 3.05) is 11.6 Å². The van der Waals surface area contributed by atoms with Crippen LogP contribution in [-0.2, 0) is 11.0 Å². The molecule has 1 aromatic carbocycles. The van der Waals surface area contributed by atoms with Gasteiger partial charge in [-0.1, -0.05) is 19.1 Å². The summed E-state index contributed by atoms with van der Waals surface area (Å²) in [5.41, 5.74) is 1.84. The molecular weight excluding hydrogens is 377 g/mol. The highest BCUT2D eigenvalue weighted by atomic mass is 32.2. The molecule has 142 valence electrons. The standard InChI is InChI=1S/C18H17F3N4OS/c1-9-7-12-14(13(26)8-9)15(10-3-5-11(27-2)6-4-10)25-17(22-12)23-16(24-25)18(19,20)21/h3-6,9,15H,7-8H2,1-2H3,(H,22,23,24)/t9-,15-/m0/s1. The Morgan fingerprint density at radius 1 is 1.22 bits per heavy atom. The summed E-state index contributed by atoms with van der Waals surface area (Å²) in [5.74, 6) is -1.14. The zero-order valence-corrected chi connectivity index (χ0v) is 15.5. The highest BCUT2D eigenvalue weighted by Crippen LogP contribution is 2.42. The van der Waals surface area contributed by atoms with Crippen molar-refractivity contribution in [3.63, 3.8) is 0 Å². The Hall–Kier alpha value is -2.29. The van der Waals surface area contributed by atoms with Gasteiger partial charge in [0.05, 0.1) is 0 Å². The van der Waals surface area contributed by atoms with E-state index in [4.69, 9.17) is 0 Å². The largest absolute Gasteiger partial charge is 0.453 e. The number of hydrogen-bond donors (Lipinski definition) is 1. The van der Waals surface area contributed by atoms with Crippen molar-refractivity contribution in [3.05, 3.63) is 46.9 Å². The number of rotatable bonds is 2. The van der Waals surface area contributed by atoms with Gasteiger partial charge < -0.3 is 5.32 Å². The molecule has 2 heterocycles. The molecule has 1 aliphatic carbocycles. The van der Waals surface area contributed by atoms with Crippen molar-refractivity contribution in [2.24, 2.45) is 5.92 Å². The number of fused-ring (bicyclic) bond motifs is 1. The third kappa shape index (κ3) is 3.13. The van der Waals surface area contributed by atoms with Crippen molar-refractivity contribution >= 4 is 23.5 Å². The van der Waals surface area contributed by atoms with Crippen LogP contribution in [0.4, 0.5) is 19.1 Å². The number of carbonyl (C=O) groups is 1. The Morgan fingerprint density at radius 3 is 2.56 bits per heavy atom. The maximum atomic E-state index is 13.2. The number of anilines is 1. The third-order valence-electron chi connectivity index (χ3n) is 4.81. The molecule has 9 heteroatoms. The first-order chi connectivity index (χ1) is 12.8. The number of alkyl halides is 3. The second-order valence-electron chi connectivity index (χ2n) is 6.83. The highest BCUT2D eigenvalue weighted by Gasteiger charge is 2.42. The molecule has 1 aromatic heterocycles. The molecule has 2 atom stereocenters. The van der Waals surface area contributed by atoms with Crippen LogP contribution in [0.25, 0.3) is 0 Å². The Kier molecular flexibility index (Phi) is 4.29. The predicted molar refractivity (Wildman–Crippen MR) is 95.4 cm³/mol. The lowest BCUT2D eigenvalue weighted by Crippen LogP contribution is -2.33. The number of benzene rings is 1. The van der Waals surface area contributed by atoms with Crippen LogP contribution in [-0.4, -0.2) is 26.8 Å². The van der Waals surface area contributed by atoms with Crippen molar-refractivity contribution in [1.82, 2.24) is 14.8 Å². The molecule has 0 amide bonds. The fourth-order valence-corrected chi connectivity index (χ4v) is 4.03. The van der Waals surface area contributed by atoms with Crippen LogP contribution in [0.2, 0.25) is 0 Å². The SMILES string of the molecule is CSc1ccc([C@H]2C3=C(C[C@H](C)CC3=O)Nc3nc(C(F)(F)F)nn32)cc1. The summed E-state index contributed by atoms with van der Waals surface area (Å²) in [6.45, 7) is 1.95. The van der Waals surface area contributed by atoms with Gasteiger partial charge in [0, 0.05) is 22.6 Å². The summed E-state index contributed by atoms with van der Waals surface area (Å²) in [7, 11) is 0. The van der Waals surface area contributed by atoms with Gasteiger partial charge in [-0.25, -0.2) is 4.68 Å². The van der Waals surface area contributed by atoms with Gasteiger partial charge in [0.2, 0.25) is 5.95 Å². The van der Waals surface area contributed by atoms with Crippen molar-refractivity contribution in [2.45, 2.75) is 36.9 Å². The van der Waals surface area contributed by atoms with Gasteiger partial charge in [-0.15, -0.1) is 16.9 Å². The normalized spacial score (nSPS) is 22.3. The molecule has 2 aromatic rings. The Bertz CT molecular complexity index is 933. The number of ketones is 1. The van der Waals surface area contributed by atoms with Gasteiger partial charge in [0.15, 0.2) is 5.78 Å². The molecule has 0 saturated heterocycles. The van der Waals surface area contributed by atoms with Gasteiger partial charge in [-0.2, -0.15) is 18.2 Å². The van der Waals surface area contributed by atoms with Gasteiger partial charge in [0.1, 0.15) is 6.04 Å². The van der Waals surface area contributed by atoms with Crippen LogP contribution in [0.3, 0.4) is 0 Å². The van der Waals surface area contributed by atoms with Crippen LogP contribution in [0.1, 0.15) is 37.2 Å². The van der Waals surface area contributed by atoms with E-state index >= 15 is 0 Å². The van der Waals surface area contributed by atoms with Gasteiger partial charge in [-0.05, 0) is 36.3 Å². The molecule has 0 radical (unpaired) electrons. The fourth-order valence-electron chi connectivity index (χ4n) is 3.62. The first kappa shape index (κ1) is 18.1. The van der Waals surface area contributed by atoms with E-state index in [0.717, 1.165) is 4.90 Å². The molecule has 0 unspecified atom stereocenters. The van der Waals surface area contributed by atoms with Crippen LogP contribution in [0.15, 0.2) is 40.4 Å². The van der Waals surface area contributed by atoms with E-state index in [1.165, 1.54) is 4.68 Å². The smallest absolute Gasteiger partial charge is 0.328 e. The van der Waals surface area contributed by atoms with E-state index in [-0.39, 0.29) is 17.6 Å². The molecule has 27 heavy (non-hydrogen) atoms. The molecule has 5 nitrogen and oxygen atoms in total. The first-order valence-corrected chi connectivity index (χ1v) is 9.71. The van der Waals surface area contributed by atoms with Crippen molar-refractivity contribution < 1.29 is 18.0 Å². The maximum absolute atomic E-state index is 13.2. The Labute approximate surface area is 158 Å². The molecule has 0 bridgehead atoms. The minimum absolute atomic E-state index is 0.0157. The van der Waals surface area contributed by atoms with Gasteiger partial charge >= 0.3 is 6.18 Å². The van der Waals surface area contributed by atoms with Crippen LogP contribution >= 0.6 is 11.8 Å². The number of thioether (sulfide) groups is 1. The summed E-state index contributed by atoms with van der Waals surface area (Å²) in [5, 5.41) is 6.61. The topological polar surface area (TPSA) is 59.8 Å². The number of carbonyl (C=O) groups excluding carboxylic acids is 1. The van der Waals surface area contributed by atoms with Gasteiger partial charge in [0.25, 0.3) is 5.82 Å². The fraction of sp³-hybridized carbons (Fsp3) is 0.389. The van der Waals surface area contributed by atoms with E-state index in [1.807, 2.05) is 37.4 Å². The Balaban J connectivity index is 1.88. The number of nitrogens with one attached hydrogen (secondary N) is 1. The zero-order valence-electron chi connectivity index (χ0n) is 14.7. The summed E-state index contributed by atoms with van der Waals surface area (Å²) in [4.78, 5) is 17.4. The van der Waals surface area contributed by atoms with Crippen LogP contribution in [0, 0.1) is 5.92 Å². The average molecular weight is 394 g/mol. The minimum atomic E-state index is -4.66. The monoisotopic (exact) mass is 394 g/mol. The molecule has 1 N–H and O–H groups in total. The second kappa shape index (κ2) is 6.40. The highest BCUT2D eigenvalue weighted by molar-refractivity contribution is 7.98. The number of allylic oxidation sites excluding steroid dienone is 2. The summed E-state index contributed by atoms with van der Waals surface area (Å²) in [6, 6.07) is 6.72. The van der Waals surface area contributed by atoms with E-state index in [1.54, 1.807) is 11.8 Å². The van der Waals surface area contributed by atoms with E-state index in [2.05, 4.69) is 15.4 Å². The third-order valence-corrected chi connectivity index (χ3v) is 5.55. The predicted octanol–water partition coefficient (Wildman–Crippen LogP) is 4.29. The number of aromatic nitrogens is 3. The lowest BCUT2D eigenvalue weighted by molar-refractivity contribution is -0.145. The molecule has 0 fully saturated rings. The van der Waals surface area contributed by atoms with Crippen LogP contribution < -0.4 is 5.32 Å². The summed E-state index contributed by atoms with van der Waals surface area (Å²) >= 11 is 1.57. The van der Waals surface area contributed by atoms with E-state index in [9.17, 15) is 18.0 Å². The minimum Gasteiger partial charge on any atom is -0.328 e. The second-order valence-corrected chi connectivity index (χ2v) is 7.71. The summed E-state index contributed by atoms with van der Waals surface area (Å²) in [6.07, 6.45) is -1.75. The van der Waals surface area contributed by atoms with Crippen molar-refractivity contribution in [3.8, 4) is 0 Å². The van der Waals surface area contributed by atoms with Gasteiger partial charge in [-0.3, -0.25) is 4.79 Å². The van der Waals surface area contributed by atoms with Crippen LogP contribution in [0.5, 0.6) is 0 Å². The average Bonchev–Trinajstić information content (AvgIpc) is 3.04. The number of nitrogens with zero attached hydrogens (tertiary/aromatic N) is 3. The Morgan fingerprint density at radius 2 is 1.93 bits per heavy atom. The number of Topliss-reactive ketones (excluding diaryl/α,β-unsaturated/α-hetero) is 1. The molecule has 4 rings (SSSR count). The molecule has 0 saturated carbocycles. The van der Waals surface area contributed by atoms with E-state index < -0.39 is 18.0 Å². The molecule has 0 spiro atoms. The lowest BCUT2D eigenvalue weighted by atomic mass is 9.81. The number of halogens is 3. The maximum Gasteiger partial charge on any atom is 0.453 e. The van der Waals surface area contributed by atoms with Crippen molar-refractivity contribution in [1.29, 1.82) is 0 Å². The zero-order chi connectivity index (χ0) is 19.3. The first-order valence-electron chi connectivity index (χ1n) is 8.49. The molecular formula is C18H17F3N4OS. The molecule has 2 aliphatic rings. The van der Waals surface area contributed by atoms with E-state index in [0.29, 0.717) is 29.7 Å². The lowest BCUT2D eigenvalue weighted by Gasteiger charge is -2.34. The quantitative estimate of drug-likeness (QED) is 0.770.